The minimum Gasteiger partial charge on any atom is -0.350 e. The van der Waals surface area contributed by atoms with E-state index in [9.17, 15) is 18.0 Å². The van der Waals surface area contributed by atoms with Crippen LogP contribution in [-0.4, -0.2) is 22.2 Å². The zero-order valence-corrected chi connectivity index (χ0v) is 12.5. The first-order valence-electron chi connectivity index (χ1n) is 6.10. The molecule has 0 atom stereocenters. The second-order valence-electron chi connectivity index (χ2n) is 4.38. The molecule has 0 aliphatic heterocycles. The third-order valence-corrected chi connectivity index (χ3v) is 3.12. The number of carbonyl (C=O) groups excluding carboxylic acids is 1. The Hall–Kier alpha value is -1.73. The lowest BCUT2D eigenvalue weighted by Gasteiger charge is -2.07. The van der Waals surface area contributed by atoms with Crippen LogP contribution < -0.4 is 5.32 Å². The van der Waals surface area contributed by atoms with Crippen LogP contribution in [0.4, 0.5) is 13.2 Å². The van der Waals surface area contributed by atoms with Crippen molar-refractivity contribution in [2.24, 2.45) is 0 Å². The van der Waals surface area contributed by atoms with Crippen molar-refractivity contribution >= 4 is 29.1 Å². The molecule has 4 nitrogen and oxygen atoms in total. The molecule has 2 rings (SSSR count). The van der Waals surface area contributed by atoms with Crippen LogP contribution in [0.1, 0.15) is 16.1 Å². The molecule has 1 amide bonds. The van der Waals surface area contributed by atoms with Crippen LogP contribution in [-0.2, 0) is 12.7 Å². The minimum atomic E-state index is -4.48. The van der Waals surface area contributed by atoms with Crippen LogP contribution in [0.25, 0.3) is 0 Å². The molecule has 118 valence electrons. The summed E-state index contributed by atoms with van der Waals surface area (Å²) in [6, 6.07) is 5.25. The Morgan fingerprint density at radius 1 is 1.23 bits per heavy atom. The Morgan fingerprint density at radius 3 is 2.41 bits per heavy atom. The SMILES string of the molecule is O=C(NCCn1ccc(C(F)(F)F)n1)c1cc(Cl)cc(Cl)c1. The van der Waals surface area contributed by atoms with Gasteiger partial charge in [-0.15, -0.1) is 0 Å². The molecular formula is C13H10Cl2F3N3O. The summed E-state index contributed by atoms with van der Waals surface area (Å²) < 4.78 is 38.2. The largest absolute Gasteiger partial charge is 0.435 e. The Balaban J connectivity index is 1.90. The number of aromatic nitrogens is 2. The predicted octanol–water partition coefficient (Wildman–Crippen LogP) is 3.64. The zero-order chi connectivity index (χ0) is 16.3. The highest BCUT2D eigenvalue weighted by molar-refractivity contribution is 6.35. The van der Waals surface area contributed by atoms with E-state index in [-0.39, 0.29) is 18.7 Å². The summed E-state index contributed by atoms with van der Waals surface area (Å²) in [6.07, 6.45) is -3.28. The Kier molecular flexibility index (Phi) is 4.97. The van der Waals surface area contributed by atoms with Crippen LogP contribution in [0, 0.1) is 0 Å². The van der Waals surface area contributed by atoms with Crippen molar-refractivity contribution in [1.29, 1.82) is 0 Å². The van der Waals surface area contributed by atoms with Gasteiger partial charge in [-0.2, -0.15) is 18.3 Å². The maximum Gasteiger partial charge on any atom is 0.435 e. The number of nitrogens with zero attached hydrogens (tertiary/aromatic N) is 2. The van der Waals surface area contributed by atoms with E-state index in [1.54, 1.807) is 0 Å². The van der Waals surface area contributed by atoms with Crippen LogP contribution in [0.3, 0.4) is 0 Å². The summed E-state index contributed by atoms with van der Waals surface area (Å²) in [7, 11) is 0. The molecule has 0 aliphatic carbocycles. The lowest BCUT2D eigenvalue weighted by molar-refractivity contribution is -0.141. The van der Waals surface area contributed by atoms with Crippen molar-refractivity contribution in [1.82, 2.24) is 15.1 Å². The highest BCUT2D eigenvalue weighted by Crippen LogP contribution is 2.27. The highest BCUT2D eigenvalue weighted by atomic mass is 35.5. The van der Waals surface area contributed by atoms with Crippen molar-refractivity contribution in [3.63, 3.8) is 0 Å². The second-order valence-corrected chi connectivity index (χ2v) is 5.25. The van der Waals surface area contributed by atoms with Crippen LogP contribution in [0.2, 0.25) is 10.0 Å². The molecule has 0 spiro atoms. The number of carbonyl (C=O) groups is 1. The van der Waals surface area contributed by atoms with Gasteiger partial charge in [-0.05, 0) is 24.3 Å². The third kappa shape index (κ3) is 4.38. The number of benzene rings is 1. The van der Waals surface area contributed by atoms with Crippen molar-refractivity contribution < 1.29 is 18.0 Å². The van der Waals surface area contributed by atoms with Gasteiger partial charge in [-0.3, -0.25) is 9.48 Å². The van der Waals surface area contributed by atoms with Crippen molar-refractivity contribution in [2.75, 3.05) is 6.54 Å². The number of halogens is 5. The Labute approximate surface area is 133 Å². The van der Waals surface area contributed by atoms with Gasteiger partial charge in [0.25, 0.3) is 5.91 Å². The maximum atomic E-state index is 12.4. The van der Waals surface area contributed by atoms with Crippen LogP contribution in [0.15, 0.2) is 30.5 Å². The quantitative estimate of drug-likeness (QED) is 0.913. The first kappa shape index (κ1) is 16.6. The number of rotatable bonds is 4. The molecule has 1 heterocycles. The Morgan fingerprint density at radius 2 is 1.86 bits per heavy atom. The standard InChI is InChI=1S/C13H10Cl2F3N3O/c14-9-5-8(6-10(15)7-9)12(22)19-2-4-21-3-1-11(20-21)13(16,17)18/h1,3,5-7H,2,4H2,(H,19,22). The fourth-order valence-electron chi connectivity index (χ4n) is 1.71. The molecule has 1 aromatic carbocycles. The monoisotopic (exact) mass is 351 g/mol. The molecule has 0 aliphatic rings. The maximum absolute atomic E-state index is 12.4. The molecule has 0 saturated carbocycles. The molecule has 2 aromatic rings. The van der Waals surface area contributed by atoms with Gasteiger partial charge in [0.05, 0.1) is 6.54 Å². The van der Waals surface area contributed by atoms with E-state index in [0.717, 1.165) is 10.7 Å². The van der Waals surface area contributed by atoms with Crippen LogP contribution >= 0.6 is 23.2 Å². The first-order chi connectivity index (χ1) is 10.3. The summed E-state index contributed by atoms with van der Waals surface area (Å²) in [5, 5.41) is 6.57. The van der Waals surface area contributed by atoms with Gasteiger partial charge in [0, 0.05) is 28.4 Å². The van der Waals surface area contributed by atoms with Gasteiger partial charge in [0.15, 0.2) is 5.69 Å². The van der Waals surface area contributed by atoms with E-state index in [1.165, 1.54) is 24.4 Å². The van der Waals surface area contributed by atoms with Gasteiger partial charge in [0.2, 0.25) is 0 Å². The van der Waals surface area contributed by atoms with E-state index in [1.807, 2.05) is 0 Å². The molecule has 22 heavy (non-hydrogen) atoms. The number of amides is 1. The van der Waals surface area contributed by atoms with Gasteiger partial charge < -0.3 is 5.32 Å². The average Bonchev–Trinajstić information content (AvgIpc) is 2.86. The number of hydrogen-bond donors (Lipinski definition) is 1. The normalized spacial score (nSPS) is 11.5. The fraction of sp³-hybridized carbons (Fsp3) is 0.231. The molecule has 0 bridgehead atoms. The van der Waals surface area contributed by atoms with Gasteiger partial charge in [0.1, 0.15) is 0 Å². The average molecular weight is 352 g/mol. The molecule has 1 N–H and O–H groups in total. The van der Waals surface area contributed by atoms with E-state index < -0.39 is 17.8 Å². The molecular weight excluding hydrogens is 342 g/mol. The number of alkyl halides is 3. The summed E-state index contributed by atoms with van der Waals surface area (Å²) in [5.41, 5.74) is -0.700. The lowest BCUT2D eigenvalue weighted by Crippen LogP contribution is -2.27. The zero-order valence-electron chi connectivity index (χ0n) is 11.0. The fourth-order valence-corrected chi connectivity index (χ4v) is 2.23. The molecule has 9 heteroatoms. The summed E-state index contributed by atoms with van der Waals surface area (Å²) in [5.74, 6) is -0.424. The van der Waals surface area contributed by atoms with Crippen LogP contribution in [0.5, 0.6) is 0 Å². The third-order valence-electron chi connectivity index (χ3n) is 2.68. The predicted molar refractivity (Wildman–Crippen MR) is 76.0 cm³/mol. The van der Waals surface area contributed by atoms with E-state index in [2.05, 4.69) is 10.4 Å². The topological polar surface area (TPSA) is 46.9 Å². The van der Waals surface area contributed by atoms with E-state index in [4.69, 9.17) is 23.2 Å². The van der Waals surface area contributed by atoms with Gasteiger partial charge in [-0.25, -0.2) is 0 Å². The summed E-state index contributed by atoms with van der Waals surface area (Å²) in [6.45, 7) is 0.220. The summed E-state index contributed by atoms with van der Waals surface area (Å²) in [4.78, 5) is 11.9. The first-order valence-corrected chi connectivity index (χ1v) is 6.86. The minimum absolute atomic E-state index is 0.107. The smallest absolute Gasteiger partial charge is 0.350 e. The number of nitrogens with one attached hydrogen (secondary N) is 1. The van der Waals surface area contributed by atoms with Crippen molar-refractivity contribution in [3.05, 3.63) is 51.8 Å². The molecule has 1 aromatic heterocycles. The van der Waals surface area contributed by atoms with Gasteiger partial charge in [-0.1, -0.05) is 23.2 Å². The van der Waals surface area contributed by atoms with Gasteiger partial charge >= 0.3 is 6.18 Å². The number of hydrogen-bond acceptors (Lipinski definition) is 2. The second kappa shape index (κ2) is 6.58. The highest BCUT2D eigenvalue weighted by Gasteiger charge is 2.33. The van der Waals surface area contributed by atoms with Crippen molar-refractivity contribution in [2.45, 2.75) is 12.7 Å². The molecule has 0 radical (unpaired) electrons. The molecule has 0 fully saturated rings. The molecule has 0 unspecified atom stereocenters. The van der Waals surface area contributed by atoms with Crippen molar-refractivity contribution in [3.8, 4) is 0 Å². The lowest BCUT2D eigenvalue weighted by atomic mass is 10.2. The summed E-state index contributed by atoms with van der Waals surface area (Å²) >= 11 is 11.6. The molecule has 0 saturated heterocycles. The van der Waals surface area contributed by atoms with E-state index >= 15 is 0 Å². The Bertz CT molecular complexity index is 665. The van der Waals surface area contributed by atoms with E-state index in [0.29, 0.717) is 10.0 Å².